The fraction of sp³-hybridized carbons (Fsp3) is 0.709. The lowest BCUT2D eigenvalue weighted by Crippen LogP contribution is -2.30. The Morgan fingerprint density at radius 2 is 0.750 bits per heavy atom. The van der Waals surface area contributed by atoms with Gasteiger partial charge in [-0.05, 0) is 89.9 Å². The van der Waals surface area contributed by atoms with Crippen LogP contribution >= 0.6 is 0 Å². The van der Waals surface area contributed by atoms with Crippen molar-refractivity contribution in [2.45, 2.75) is 232 Å². The molecular weight excluding hydrogens is 741 g/mol. The zero-order valence-electron chi connectivity index (χ0n) is 39.5. The topological polar surface area (TPSA) is 61.8 Å². The molecule has 5 nitrogen and oxygen atoms in total. The summed E-state index contributed by atoms with van der Waals surface area (Å²) in [5.74, 6) is -0.440. The molecule has 0 aliphatic carbocycles. The maximum absolute atomic E-state index is 12.7. The van der Waals surface area contributed by atoms with E-state index in [2.05, 4.69) is 106 Å². The quantitative estimate of drug-likeness (QED) is 0.0347. The van der Waals surface area contributed by atoms with Crippen molar-refractivity contribution in [3.63, 3.8) is 0 Å². The number of carbonyl (C=O) groups is 2. The highest BCUT2D eigenvalue weighted by molar-refractivity contribution is 5.70. The molecule has 0 aromatic carbocycles. The first-order valence-electron chi connectivity index (χ1n) is 25.1. The maximum Gasteiger partial charge on any atom is 0.306 e. The van der Waals surface area contributed by atoms with Crippen LogP contribution in [0.5, 0.6) is 0 Å². The molecule has 0 radical (unpaired) electrons. The van der Waals surface area contributed by atoms with E-state index in [0.29, 0.717) is 19.4 Å². The van der Waals surface area contributed by atoms with Crippen LogP contribution < -0.4 is 0 Å². The minimum Gasteiger partial charge on any atom is -0.462 e. The summed E-state index contributed by atoms with van der Waals surface area (Å²) < 4.78 is 17.3. The van der Waals surface area contributed by atoms with Crippen LogP contribution in [0.2, 0.25) is 0 Å². The molecule has 0 aliphatic rings. The molecule has 0 aliphatic heterocycles. The molecule has 0 amide bonds. The average molecular weight is 835 g/mol. The fourth-order valence-electron chi connectivity index (χ4n) is 6.70. The molecule has 0 spiro atoms. The third kappa shape index (κ3) is 47.8. The minimum absolute atomic E-state index is 0.0563. The number of unbranched alkanes of at least 4 members (excludes halogenated alkanes) is 20. The van der Waals surface area contributed by atoms with Gasteiger partial charge in [-0.2, -0.15) is 0 Å². The number of esters is 2. The van der Waals surface area contributed by atoms with Crippen molar-refractivity contribution in [3.8, 4) is 0 Å². The van der Waals surface area contributed by atoms with E-state index < -0.39 is 6.10 Å². The predicted octanol–water partition coefficient (Wildman–Crippen LogP) is 16.9. The molecule has 0 saturated heterocycles. The predicted molar refractivity (Wildman–Crippen MR) is 260 cm³/mol. The number of rotatable bonds is 45. The van der Waals surface area contributed by atoms with Crippen LogP contribution in [0.4, 0.5) is 0 Å². The Balaban J connectivity index is 4.36. The number of allylic oxidation sites excluding steroid dienone is 14. The van der Waals surface area contributed by atoms with Crippen LogP contribution in [-0.2, 0) is 23.8 Å². The molecule has 0 rings (SSSR count). The third-order valence-corrected chi connectivity index (χ3v) is 10.4. The zero-order chi connectivity index (χ0) is 43.5. The lowest BCUT2D eigenvalue weighted by molar-refractivity contribution is -0.163. The summed E-state index contributed by atoms with van der Waals surface area (Å²) in [7, 11) is 0. The highest BCUT2D eigenvalue weighted by Crippen LogP contribution is 2.14. The second-order valence-corrected chi connectivity index (χ2v) is 16.3. The van der Waals surface area contributed by atoms with E-state index in [-0.39, 0.29) is 25.2 Å². The molecule has 0 bridgehead atoms. The van der Waals surface area contributed by atoms with Crippen LogP contribution in [0.3, 0.4) is 0 Å². The first-order chi connectivity index (χ1) is 29.6. The van der Waals surface area contributed by atoms with E-state index in [1.807, 2.05) is 0 Å². The molecule has 0 N–H and O–H groups in total. The second kappa shape index (κ2) is 50.4. The number of hydrogen-bond donors (Lipinski definition) is 0. The summed E-state index contributed by atoms with van der Waals surface area (Å²) in [4.78, 5) is 25.3. The highest BCUT2D eigenvalue weighted by Gasteiger charge is 2.17. The van der Waals surface area contributed by atoms with Crippen LogP contribution in [-0.4, -0.2) is 37.9 Å². The average Bonchev–Trinajstić information content (AvgIpc) is 3.25. The third-order valence-electron chi connectivity index (χ3n) is 10.4. The van der Waals surface area contributed by atoms with Crippen LogP contribution in [0.25, 0.3) is 0 Å². The van der Waals surface area contributed by atoms with Gasteiger partial charge in [0.2, 0.25) is 0 Å². The van der Waals surface area contributed by atoms with E-state index in [1.165, 1.54) is 103 Å². The van der Waals surface area contributed by atoms with Gasteiger partial charge in [0, 0.05) is 19.4 Å². The molecule has 0 aromatic heterocycles. The molecular formula is C55H94O5. The molecule has 5 heteroatoms. The molecule has 0 saturated carbocycles. The van der Waals surface area contributed by atoms with Crippen molar-refractivity contribution in [1.82, 2.24) is 0 Å². The highest BCUT2D eigenvalue weighted by atomic mass is 16.6. The first kappa shape index (κ1) is 57.1. The van der Waals surface area contributed by atoms with E-state index in [9.17, 15) is 9.59 Å². The monoisotopic (exact) mass is 835 g/mol. The van der Waals surface area contributed by atoms with Crippen molar-refractivity contribution in [2.75, 3.05) is 19.8 Å². The van der Waals surface area contributed by atoms with Gasteiger partial charge < -0.3 is 14.2 Å². The molecule has 0 fully saturated rings. The van der Waals surface area contributed by atoms with Gasteiger partial charge in [0.1, 0.15) is 6.61 Å². The summed E-state index contributed by atoms with van der Waals surface area (Å²) >= 11 is 0. The van der Waals surface area contributed by atoms with E-state index in [0.717, 1.165) is 89.9 Å². The SMILES string of the molecule is CC/C=C\C/C=C\C/C=C\C/C=C\C/C=C\C/C=C\CCCOCC(COC(=O)CCCCCCC/C=C\CCCCCC)OC(=O)CCCCCCCCCCCCC. The largest absolute Gasteiger partial charge is 0.462 e. The van der Waals surface area contributed by atoms with Crippen molar-refractivity contribution in [1.29, 1.82) is 0 Å². The van der Waals surface area contributed by atoms with Crippen LogP contribution in [0.15, 0.2) is 85.1 Å². The first-order valence-corrected chi connectivity index (χ1v) is 25.1. The molecule has 0 heterocycles. The van der Waals surface area contributed by atoms with Gasteiger partial charge in [-0.3, -0.25) is 9.59 Å². The number of hydrogen-bond acceptors (Lipinski definition) is 5. The van der Waals surface area contributed by atoms with E-state index >= 15 is 0 Å². The summed E-state index contributed by atoms with van der Waals surface area (Å²) in [6.45, 7) is 7.54. The Kier molecular flexibility index (Phi) is 48.0. The molecule has 344 valence electrons. The Morgan fingerprint density at radius 3 is 1.23 bits per heavy atom. The second-order valence-electron chi connectivity index (χ2n) is 16.3. The smallest absolute Gasteiger partial charge is 0.306 e. The van der Waals surface area contributed by atoms with Gasteiger partial charge in [0.25, 0.3) is 0 Å². The van der Waals surface area contributed by atoms with Gasteiger partial charge in [-0.1, -0.05) is 209 Å². The lowest BCUT2D eigenvalue weighted by Gasteiger charge is -2.18. The number of ether oxygens (including phenoxy) is 3. The Hall–Kier alpha value is -2.92. The normalized spacial score (nSPS) is 12.9. The fourth-order valence-corrected chi connectivity index (χ4v) is 6.70. The Morgan fingerprint density at radius 1 is 0.383 bits per heavy atom. The molecule has 1 atom stereocenters. The minimum atomic E-state index is -0.570. The molecule has 0 aromatic rings. The Labute approximate surface area is 371 Å². The molecule has 60 heavy (non-hydrogen) atoms. The van der Waals surface area contributed by atoms with Crippen LogP contribution in [0, 0.1) is 0 Å². The van der Waals surface area contributed by atoms with Gasteiger partial charge in [0.15, 0.2) is 6.10 Å². The maximum atomic E-state index is 12.7. The van der Waals surface area contributed by atoms with Gasteiger partial charge in [0.05, 0.1) is 6.61 Å². The summed E-state index contributed by atoms with van der Waals surface area (Å²) in [5.41, 5.74) is 0. The van der Waals surface area contributed by atoms with E-state index in [4.69, 9.17) is 14.2 Å². The summed E-state index contributed by atoms with van der Waals surface area (Å²) in [5, 5.41) is 0. The van der Waals surface area contributed by atoms with Gasteiger partial charge in [-0.15, -0.1) is 0 Å². The van der Waals surface area contributed by atoms with Crippen molar-refractivity contribution >= 4 is 11.9 Å². The summed E-state index contributed by atoms with van der Waals surface area (Å²) in [6, 6.07) is 0. The Bertz CT molecular complexity index is 1130. The van der Waals surface area contributed by atoms with Gasteiger partial charge >= 0.3 is 11.9 Å². The van der Waals surface area contributed by atoms with Crippen molar-refractivity contribution in [2.24, 2.45) is 0 Å². The summed E-state index contributed by atoms with van der Waals surface area (Å²) in [6.07, 6.45) is 66.0. The van der Waals surface area contributed by atoms with Crippen LogP contribution in [0.1, 0.15) is 226 Å². The lowest BCUT2D eigenvalue weighted by atomic mass is 10.1. The van der Waals surface area contributed by atoms with Crippen molar-refractivity contribution < 1.29 is 23.8 Å². The molecule has 1 unspecified atom stereocenters. The van der Waals surface area contributed by atoms with Gasteiger partial charge in [-0.25, -0.2) is 0 Å². The number of carbonyl (C=O) groups excluding carboxylic acids is 2. The zero-order valence-corrected chi connectivity index (χ0v) is 39.5. The standard InChI is InChI=1S/C55H94O5/c1-4-7-10-13-16-19-22-24-25-26-27-28-29-30-32-35-38-41-44-47-50-58-51-53(60-55(57)49-46-43-40-37-33-21-18-15-12-9-6-3)52-59-54(56)48-45-42-39-36-34-31-23-20-17-14-11-8-5-2/h7,10,16,19-20,23-25,27-28,30,32,38,41,53H,4-6,8-9,11-15,17-18,21-22,26,29,31,33-37,39-40,42-52H2,1-3H3/b10-7-,19-16-,23-20-,25-24-,28-27-,32-30-,41-38-. The van der Waals surface area contributed by atoms with Crippen molar-refractivity contribution in [3.05, 3.63) is 85.1 Å². The van der Waals surface area contributed by atoms with E-state index in [1.54, 1.807) is 0 Å².